The van der Waals surface area contributed by atoms with Crippen LogP contribution in [-0.2, 0) is 7.05 Å². The van der Waals surface area contributed by atoms with Crippen LogP contribution < -0.4 is 5.32 Å². The van der Waals surface area contributed by atoms with Crippen molar-refractivity contribution in [2.75, 3.05) is 5.32 Å². The van der Waals surface area contributed by atoms with Crippen LogP contribution in [0.4, 0.5) is 20.4 Å². The highest BCUT2D eigenvalue weighted by Crippen LogP contribution is 2.25. The Morgan fingerprint density at radius 2 is 1.96 bits per heavy atom. The molecule has 0 aliphatic carbocycles. The molecule has 0 bridgehead atoms. The number of nitrogens with one attached hydrogen (secondary N) is 2. The summed E-state index contributed by atoms with van der Waals surface area (Å²) in [4.78, 5) is 4.29. The van der Waals surface area contributed by atoms with E-state index in [0.717, 1.165) is 28.7 Å². The van der Waals surface area contributed by atoms with E-state index in [4.69, 9.17) is 0 Å². The molecule has 2 heterocycles. The van der Waals surface area contributed by atoms with Gasteiger partial charge in [0, 0.05) is 18.1 Å². The summed E-state index contributed by atoms with van der Waals surface area (Å²) in [5, 5.41) is 15.1. The van der Waals surface area contributed by atoms with Gasteiger partial charge in [-0.2, -0.15) is 10.1 Å². The van der Waals surface area contributed by atoms with Crippen molar-refractivity contribution in [3.8, 4) is 11.4 Å². The Kier molecular flexibility index (Phi) is 3.45. The van der Waals surface area contributed by atoms with Gasteiger partial charge in [-0.1, -0.05) is 0 Å². The van der Waals surface area contributed by atoms with Crippen LogP contribution in [-0.4, -0.2) is 25.0 Å². The molecule has 0 amide bonds. The molecule has 25 heavy (non-hydrogen) atoms. The van der Waals surface area contributed by atoms with E-state index in [1.165, 1.54) is 11.6 Å². The maximum absolute atomic E-state index is 14.1. The van der Waals surface area contributed by atoms with E-state index in [1.54, 1.807) is 13.2 Å². The fourth-order valence-electron chi connectivity index (χ4n) is 2.57. The van der Waals surface area contributed by atoms with E-state index < -0.39 is 11.6 Å². The highest BCUT2D eigenvalue weighted by atomic mass is 19.1. The molecule has 0 saturated heterocycles. The summed E-state index contributed by atoms with van der Waals surface area (Å²) in [6, 6.07) is 7.90. The first-order valence-corrected chi connectivity index (χ1v) is 7.58. The lowest BCUT2D eigenvalue weighted by Crippen LogP contribution is -1.99. The molecule has 4 aromatic rings. The van der Waals surface area contributed by atoms with Gasteiger partial charge < -0.3 is 5.32 Å². The van der Waals surface area contributed by atoms with Crippen LogP contribution in [0.25, 0.3) is 22.3 Å². The van der Waals surface area contributed by atoms with Gasteiger partial charge in [-0.3, -0.25) is 5.10 Å². The zero-order chi connectivity index (χ0) is 17.6. The fourth-order valence-corrected chi connectivity index (χ4v) is 2.57. The lowest BCUT2D eigenvalue weighted by atomic mass is 10.1. The van der Waals surface area contributed by atoms with Gasteiger partial charge in [-0.25, -0.2) is 13.5 Å². The van der Waals surface area contributed by atoms with Crippen LogP contribution in [0.5, 0.6) is 0 Å². The van der Waals surface area contributed by atoms with Gasteiger partial charge in [0.05, 0.1) is 17.3 Å². The Morgan fingerprint density at radius 1 is 1.12 bits per heavy atom. The quantitative estimate of drug-likeness (QED) is 0.597. The Labute approximate surface area is 141 Å². The predicted octanol–water partition coefficient (Wildman–Crippen LogP) is 3.69. The van der Waals surface area contributed by atoms with Crippen LogP contribution in [0.3, 0.4) is 0 Å². The van der Waals surface area contributed by atoms with Crippen LogP contribution in [0.15, 0.2) is 36.5 Å². The fraction of sp³-hybridized carbons (Fsp3) is 0.118. The van der Waals surface area contributed by atoms with Crippen LogP contribution in [0, 0.1) is 18.6 Å². The van der Waals surface area contributed by atoms with E-state index in [-0.39, 0.29) is 17.0 Å². The molecule has 4 rings (SSSR count). The van der Waals surface area contributed by atoms with E-state index in [1.807, 2.05) is 18.2 Å². The first kappa shape index (κ1) is 15.3. The van der Waals surface area contributed by atoms with E-state index in [9.17, 15) is 8.78 Å². The summed E-state index contributed by atoms with van der Waals surface area (Å²) in [6.07, 6.45) is 1.72. The SMILES string of the molecule is Cc1cc(F)c(-c2nc(Nc3ccc4[nH]ncc4c3)n(C)n2)cc1F. The van der Waals surface area contributed by atoms with Crippen molar-refractivity contribution < 1.29 is 8.78 Å². The smallest absolute Gasteiger partial charge is 0.225 e. The zero-order valence-electron chi connectivity index (χ0n) is 13.5. The topological polar surface area (TPSA) is 71.4 Å². The number of nitrogens with zero attached hydrogens (tertiary/aromatic N) is 4. The first-order valence-electron chi connectivity index (χ1n) is 7.58. The summed E-state index contributed by atoms with van der Waals surface area (Å²) >= 11 is 0. The number of aromatic nitrogens is 5. The number of hydrogen-bond acceptors (Lipinski definition) is 4. The van der Waals surface area contributed by atoms with Crippen molar-refractivity contribution >= 4 is 22.5 Å². The summed E-state index contributed by atoms with van der Waals surface area (Å²) in [7, 11) is 1.68. The molecule has 0 aliphatic rings. The molecule has 0 fully saturated rings. The molecule has 0 aliphatic heterocycles. The number of H-pyrrole nitrogens is 1. The van der Waals surface area contributed by atoms with Crippen LogP contribution >= 0.6 is 0 Å². The molecule has 126 valence electrons. The summed E-state index contributed by atoms with van der Waals surface area (Å²) in [5.74, 6) is -0.524. The number of hydrogen-bond donors (Lipinski definition) is 2. The Morgan fingerprint density at radius 3 is 2.80 bits per heavy atom. The molecule has 0 atom stereocenters. The number of anilines is 2. The average molecular weight is 340 g/mol. The van der Waals surface area contributed by atoms with Gasteiger partial charge in [0.15, 0.2) is 5.82 Å². The molecule has 0 radical (unpaired) electrons. The summed E-state index contributed by atoms with van der Waals surface area (Å²) < 4.78 is 29.4. The highest BCUT2D eigenvalue weighted by Gasteiger charge is 2.16. The second-order valence-electron chi connectivity index (χ2n) is 5.76. The van der Waals surface area contributed by atoms with Gasteiger partial charge >= 0.3 is 0 Å². The normalized spacial score (nSPS) is 11.2. The average Bonchev–Trinajstić information content (AvgIpc) is 3.17. The van der Waals surface area contributed by atoms with Gasteiger partial charge in [-0.05, 0) is 42.8 Å². The maximum atomic E-state index is 14.1. The van der Waals surface area contributed by atoms with Gasteiger partial charge in [-0.15, -0.1) is 5.10 Å². The number of aryl methyl sites for hydroxylation is 2. The van der Waals surface area contributed by atoms with Gasteiger partial charge in [0.2, 0.25) is 5.95 Å². The third kappa shape index (κ3) is 2.71. The molecule has 2 aromatic heterocycles. The number of halogens is 2. The molecule has 0 saturated carbocycles. The van der Waals surface area contributed by atoms with Crippen LogP contribution in [0.2, 0.25) is 0 Å². The number of aromatic amines is 1. The van der Waals surface area contributed by atoms with Crippen molar-refractivity contribution in [3.05, 3.63) is 53.7 Å². The third-order valence-electron chi connectivity index (χ3n) is 3.95. The lowest BCUT2D eigenvalue weighted by Gasteiger charge is -2.04. The second kappa shape index (κ2) is 5.66. The molecule has 2 N–H and O–H groups in total. The number of rotatable bonds is 3. The largest absolute Gasteiger partial charge is 0.324 e. The molecular weight excluding hydrogens is 326 g/mol. The monoisotopic (exact) mass is 340 g/mol. The number of benzene rings is 2. The molecule has 6 nitrogen and oxygen atoms in total. The Bertz CT molecular complexity index is 1080. The first-order chi connectivity index (χ1) is 12.0. The minimum absolute atomic E-state index is 0.0250. The minimum atomic E-state index is -0.559. The maximum Gasteiger partial charge on any atom is 0.225 e. The minimum Gasteiger partial charge on any atom is -0.324 e. The molecule has 0 unspecified atom stereocenters. The van der Waals surface area contributed by atoms with E-state index >= 15 is 0 Å². The predicted molar refractivity (Wildman–Crippen MR) is 90.5 cm³/mol. The van der Waals surface area contributed by atoms with Crippen molar-refractivity contribution in [1.29, 1.82) is 0 Å². The van der Waals surface area contributed by atoms with E-state index in [2.05, 4.69) is 25.6 Å². The van der Waals surface area contributed by atoms with E-state index in [0.29, 0.717) is 5.95 Å². The molecular formula is C17H14F2N6. The Hall–Kier alpha value is -3.29. The zero-order valence-corrected chi connectivity index (χ0v) is 13.5. The third-order valence-corrected chi connectivity index (χ3v) is 3.95. The lowest BCUT2D eigenvalue weighted by molar-refractivity contribution is 0.594. The van der Waals surface area contributed by atoms with Crippen molar-refractivity contribution in [2.24, 2.45) is 7.05 Å². The molecule has 2 aromatic carbocycles. The van der Waals surface area contributed by atoms with Crippen LogP contribution in [0.1, 0.15) is 5.56 Å². The highest BCUT2D eigenvalue weighted by molar-refractivity contribution is 5.82. The second-order valence-corrected chi connectivity index (χ2v) is 5.76. The summed E-state index contributed by atoms with van der Waals surface area (Å²) in [6.45, 7) is 1.51. The van der Waals surface area contributed by atoms with Crippen molar-refractivity contribution in [1.82, 2.24) is 25.0 Å². The molecule has 0 spiro atoms. The van der Waals surface area contributed by atoms with Crippen molar-refractivity contribution in [3.63, 3.8) is 0 Å². The Balaban J connectivity index is 1.69. The van der Waals surface area contributed by atoms with Crippen molar-refractivity contribution in [2.45, 2.75) is 6.92 Å². The molecule has 8 heteroatoms. The summed E-state index contributed by atoms with van der Waals surface area (Å²) in [5.41, 5.74) is 1.97. The standard InChI is InChI=1S/C17H14F2N6/c1-9-5-14(19)12(7-13(9)18)16-22-17(25(2)24-16)21-11-3-4-15-10(6-11)8-20-23-15/h3-8H,1-2H3,(H,20,23)(H,21,22,24). The van der Waals surface area contributed by atoms with Gasteiger partial charge in [0.25, 0.3) is 0 Å². The van der Waals surface area contributed by atoms with Gasteiger partial charge in [0.1, 0.15) is 11.6 Å². The number of fused-ring (bicyclic) bond motifs is 1.